The van der Waals surface area contributed by atoms with Gasteiger partial charge in [0.2, 0.25) is 0 Å². The molecule has 0 spiro atoms. The minimum Gasteiger partial charge on any atom is -0.379 e. The van der Waals surface area contributed by atoms with Gasteiger partial charge in [-0.05, 0) is 25.5 Å². The van der Waals surface area contributed by atoms with Crippen molar-refractivity contribution in [2.45, 2.75) is 13.3 Å². The molecule has 0 aromatic carbocycles. The summed E-state index contributed by atoms with van der Waals surface area (Å²) in [7, 11) is 0. The summed E-state index contributed by atoms with van der Waals surface area (Å²) in [5, 5.41) is 4.57. The van der Waals surface area contributed by atoms with Crippen LogP contribution in [0.5, 0.6) is 0 Å². The first-order valence-corrected chi connectivity index (χ1v) is 8.64. The molecule has 1 fully saturated rings. The standard InChI is InChI=1S/C18H20N6O2/c1-13-20-9-15(10-21-13)18(25)23-6-7-26-12-14(11-23)8-16-2-3-17-19-4-5-24(17)22-16/h2-5,9-10,14H,6-8,11-12H2,1H3/t14-/m1/s1. The lowest BCUT2D eigenvalue weighted by Crippen LogP contribution is -2.36. The quantitative estimate of drug-likeness (QED) is 0.703. The Bertz CT molecular complexity index is 907. The summed E-state index contributed by atoms with van der Waals surface area (Å²) in [6.07, 6.45) is 7.46. The highest BCUT2D eigenvalue weighted by atomic mass is 16.5. The zero-order chi connectivity index (χ0) is 17.9. The summed E-state index contributed by atoms with van der Waals surface area (Å²) in [5.74, 6) is 0.777. The van der Waals surface area contributed by atoms with Gasteiger partial charge in [0.1, 0.15) is 5.82 Å². The maximum Gasteiger partial charge on any atom is 0.257 e. The average molecular weight is 352 g/mol. The Hall–Kier alpha value is -2.87. The number of ether oxygens (including phenoxy) is 1. The number of fused-ring (bicyclic) bond motifs is 1. The van der Waals surface area contributed by atoms with E-state index in [0.717, 1.165) is 17.8 Å². The number of carbonyl (C=O) groups is 1. The van der Waals surface area contributed by atoms with Crippen molar-refractivity contribution in [1.82, 2.24) is 29.5 Å². The zero-order valence-electron chi connectivity index (χ0n) is 14.6. The zero-order valence-corrected chi connectivity index (χ0v) is 14.6. The van der Waals surface area contributed by atoms with Gasteiger partial charge in [0.25, 0.3) is 5.91 Å². The number of imidazole rings is 1. The predicted molar refractivity (Wildman–Crippen MR) is 93.7 cm³/mol. The van der Waals surface area contributed by atoms with Gasteiger partial charge in [0.05, 0.1) is 24.5 Å². The molecule has 8 heteroatoms. The molecule has 3 aromatic heterocycles. The molecule has 1 amide bonds. The molecule has 3 aromatic rings. The first-order valence-electron chi connectivity index (χ1n) is 8.64. The molecule has 0 unspecified atom stereocenters. The minimum atomic E-state index is -0.0569. The SMILES string of the molecule is Cc1ncc(C(=O)N2CCOC[C@H](Cc3ccc4nccn4n3)C2)cn1. The van der Waals surface area contributed by atoms with E-state index in [-0.39, 0.29) is 11.8 Å². The average Bonchev–Trinajstić information content (AvgIpc) is 2.99. The van der Waals surface area contributed by atoms with E-state index >= 15 is 0 Å². The number of amides is 1. The van der Waals surface area contributed by atoms with E-state index in [4.69, 9.17) is 4.74 Å². The number of aryl methyl sites for hydroxylation is 1. The Kier molecular flexibility index (Phi) is 4.57. The van der Waals surface area contributed by atoms with Crippen LogP contribution in [0.1, 0.15) is 21.9 Å². The third kappa shape index (κ3) is 3.55. The number of aromatic nitrogens is 5. The van der Waals surface area contributed by atoms with E-state index in [2.05, 4.69) is 20.1 Å². The summed E-state index contributed by atoms with van der Waals surface area (Å²) in [6, 6.07) is 3.93. The first kappa shape index (κ1) is 16.6. The highest BCUT2D eigenvalue weighted by Crippen LogP contribution is 2.15. The van der Waals surface area contributed by atoms with Crippen LogP contribution in [0, 0.1) is 12.8 Å². The molecule has 1 aliphatic rings. The van der Waals surface area contributed by atoms with Gasteiger partial charge in [-0.3, -0.25) is 4.79 Å². The van der Waals surface area contributed by atoms with Gasteiger partial charge < -0.3 is 9.64 Å². The Balaban J connectivity index is 1.48. The molecule has 0 radical (unpaired) electrons. The fourth-order valence-corrected chi connectivity index (χ4v) is 3.13. The molecule has 0 bridgehead atoms. The Morgan fingerprint density at radius 3 is 2.96 bits per heavy atom. The Labute approximate surface area is 150 Å². The second kappa shape index (κ2) is 7.17. The normalized spacial score (nSPS) is 18.0. The summed E-state index contributed by atoms with van der Waals surface area (Å²) in [6.45, 7) is 4.13. The van der Waals surface area contributed by atoms with E-state index in [0.29, 0.717) is 37.7 Å². The number of carbonyl (C=O) groups excluding carboxylic acids is 1. The van der Waals surface area contributed by atoms with E-state index in [1.54, 1.807) is 30.0 Å². The van der Waals surface area contributed by atoms with Gasteiger partial charge in [-0.1, -0.05) is 0 Å². The first-order chi connectivity index (χ1) is 12.7. The molecule has 1 aliphatic heterocycles. The maximum atomic E-state index is 12.8. The molecule has 0 N–H and O–H groups in total. The van der Waals surface area contributed by atoms with Crippen molar-refractivity contribution in [3.63, 3.8) is 0 Å². The molecule has 1 atom stereocenters. The van der Waals surface area contributed by atoms with Crippen LogP contribution in [0.3, 0.4) is 0 Å². The summed E-state index contributed by atoms with van der Waals surface area (Å²) in [4.78, 5) is 27.0. The number of nitrogens with zero attached hydrogens (tertiary/aromatic N) is 6. The topological polar surface area (TPSA) is 85.5 Å². The summed E-state index contributed by atoms with van der Waals surface area (Å²) in [5.41, 5.74) is 2.29. The molecule has 134 valence electrons. The Morgan fingerprint density at radius 2 is 2.12 bits per heavy atom. The van der Waals surface area contributed by atoms with Crippen molar-refractivity contribution < 1.29 is 9.53 Å². The highest BCUT2D eigenvalue weighted by molar-refractivity contribution is 5.93. The van der Waals surface area contributed by atoms with Gasteiger partial charge in [-0.2, -0.15) is 5.10 Å². The number of hydrogen-bond donors (Lipinski definition) is 0. The summed E-state index contributed by atoms with van der Waals surface area (Å²) < 4.78 is 7.48. The van der Waals surface area contributed by atoms with Crippen LogP contribution in [0.4, 0.5) is 0 Å². The van der Waals surface area contributed by atoms with Crippen LogP contribution < -0.4 is 0 Å². The second-order valence-corrected chi connectivity index (χ2v) is 6.47. The van der Waals surface area contributed by atoms with Crippen molar-refractivity contribution in [1.29, 1.82) is 0 Å². The lowest BCUT2D eigenvalue weighted by Gasteiger charge is -2.23. The van der Waals surface area contributed by atoms with E-state index < -0.39 is 0 Å². The van der Waals surface area contributed by atoms with Gasteiger partial charge >= 0.3 is 0 Å². The van der Waals surface area contributed by atoms with Crippen molar-refractivity contribution in [2.24, 2.45) is 5.92 Å². The van der Waals surface area contributed by atoms with E-state index in [1.165, 1.54) is 0 Å². The fraction of sp³-hybridized carbons (Fsp3) is 0.389. The monoisotopic (exact) mass is 352 g/mol. The molecular formula is C18H20N6O2. The third-order valence-electron chi connectivity index (χ3n) is 4.46. The van der Waals surface area contributed by atoms with Crippen molar-refractivity contribution >= 4 is 11.6 Å². The van der Waals surface area contributed by atoms with Gasteiger partial charge in [0, 0.05) is 43.8 Å². The molecule has 8 nitrogen and oxygen atoms in total. The largest absolute Gasteiger partial charge is 0.379 e. The van der Waals surface area contributed by atoms with Crippen LogP contribution in [-0.4, -0.2) is 61.7 Å². The molecule has 4 rings (SSSR count). The molecule has 0 saturated carbocycles. The number of hydrogen-bond acceptors (Lipinski definition) is 6. The van der Waals surface area contributed by atoms with Gasteiger partial charge in [-0.25, -0.2) is 19.5 Å². The highest BCUT2D eigenvalue weighted by Gasteiger charge is 2.24. The van der Waals surface area contributed by atoms with Crippen LogP contribution in [0.2, 0.25) is 0 Å². The second-order valence-electron chi connectivity index (χ2n) is 6.47. The minimum absolute atomic E-state index is 0.0569. The van der Waals surface area contributed by atoms with Crippen molar-refractivity contribution in [3.05, 3.63) is 54.0 Å². The molecule has 4 heterocycles. The smallest absolute Gasteiger partial charge is 0.257 e. The van der Waals surface area contributed by atoms with Crippen LogP contribution in [0.25, 0.3) is 5.65 Å². The number of rotatable bonds is 3. The van der Waals surface area contributed by atoms with Crippen LogP contribution in [-0.2, 0) is 11.2 Å². The van der Waals surface area contributed by atoms with Crippen molar-refractivity contribution in [3.8, 4) is 0 Å². The molecular weight excluding hydrogens is 332 g/mol. The maximum absolute atomic E-state index is 12.8. The van der Waals surface area contributed by atoms with E-state index in [9.17, 15) is 4.79 Å². The van der Waals surface area contributed by atoms with E-state index in [1.807, 2.05) is 23.2 Å². The van der Waals surface area contributed by atoms with Crippen molar-refractivity contribution in [2.75, 3.05) is 26.3 Å². The van der Waals surface area contributed by atoms with Gasteiger partial charge in [-0.15, -0.1) is 0 Å². The Morgan fingerprint density at radius 1 is 1.27 bits per heavy atom. The lowest BCUT2D eigenvalue weighted by molar-refractivity contribution is 0.0736. The predicted octanol–water partition coefficient (Wildman–Crippen LogP) is 1.16. The van der Waals surface area contributed by atoms with Crippen LogP contribution >= 0.6 is 0 Å². The van der Waals surface area contributed by atoms with Gasteiger partial charge in [0.15, 0.2) is 5.65 Å². The molecule has 0 aliphatic carbocycles. The lowest BCUT2D eigenvalue weighted by atomic mass is 10.0. The molecule has 26 heavy (non-hydrogen) atoms. The third-order valence-corrected chi connectivity index (χ3v) is 4.46. The summed E-state index contributed by atoms with van der Waals surface area (Å²) >= 11 is 0. The molecule has 1 saturated heterocycles. The van der Waals surface area contributed by atoms with Crippen LogP contribution in [0.15, 0.2) is 36.9 Å². The fourth-order valence-electron chi connectivity index (χ4n) is 3.13.